The van der Waals surface area contributed by atoms with E-state index in [0.29, 0.717) is 24.1 Å². The second-order valence-electron chi connectivity index (χ2n) is 7.98. The molecule has 2 aliphatic rings. The number of benzene rings is 1. The number of carbonyl (C=O) groups excluding carboxylic acids is 2. The van der Waals surface area contributed by atoms with Gasteiger partial charge in [-0.25, -0.2) is 0 Å². The number of hydrogen-bond donors (Lipinski definition) is 2. The van der Waals surface area contributed by atoms with E-state index in [4.69, 9.17) is 5.73 Å². The van der Waals surface area contributed by atoms with Crippen LogP contribution in [0.1, 0.15) is 62.6 Å². The Morgan fingerprint density at radius 2 is 1.79 bits per heavy atom. The van der Waals surface area contributed by atoms with Crippen molar-refractivity contribution in [2.75, 3.05) is 18.2 Å². The molecule has 28 heavy (non-hydrogen) atoms. The fraction of sp³-hybridized carbons (Fsp3) is 0.619. The predicted molar refractivity (Wildman–Crippen MR) is 118 cm³/mol. The maximum absolute atomic E-state index is 12.7. The summed E-state index contributed by atoms with van der Waals surface area (Å²) in [5.74, 6) is 1.96. The Bertz CT molecular complexity index is 662. The SMILES string of the molecule is CC(C)c1ccc(C(N)CNC(=O)C2CSCN2C(=O)C2CCCC2)cc1.Cl. The number of rotatable bonds is 6. The lowest BCUT2D eigenvalue weighted by Crippen LogP contribution is -2.49. The van der Waals surface area contributed by atoms with Gasteiger partial charge in [-0.15, -0.1) is 24.2 Å². The van der Waals surface area contributed by atoms with Gasteiger partial charge in [-0.3, -0.25) is 9.59 Å². The van der Waals surface area contributed by atoms with Crippen LogP contribution in [0.2, 0.25) is 0 Å². The highest BCUT2D eigenvalue weighted by atomic mass is 35.5. The third-order valence-corrected chi connectivity index (χ3v) is 6.71. The maximum Gasteiger partial charge on any atom is 0.243 e. The Morgan fingerprint density at radius 1 is 1.18 bits per heavy atom. The van der Waals surface area contributed by atoms with Crippen LogP contribution in [0.5, 0.6) is 0 Å². The first-order chi connectivity index (χ1) is 13.0. The van der Waals surface area contributed by atoms with Crippen molar-refractivity contribution < 1.29 is 9.59 Å². The van der Waals surface area contributed by atoms with E-state index in [1.54, 1.807) is 16.7 Å². The van der Waals surface area contributed by atoms with Crippen molar-refractivity contribution in [1.82, 2.24) is 10.2 Å². The normalized spacial score (nSPS) is 20.9. The Morgan fingerprint density at radius 3 is 2.39 bits per heavy atom. The summed E-state index contributed by atoms with van der Waals surface area (Å²) in [5.41, 5.74) is 8.55. The van der Waals surface area contributed by atoms with Crippen molar-refractivity contribution in [3.05, 3.63) is 35.4 Å². The molecule has 2 unspecified atom stereocenters. The molecule has 7 heteroatoms. The van der Waals surface area contributed by atoms with Gasteiger partial charge < -0.3 is 16.0 Å². The molecule has 1 aliphatic heterocycles. The Labute approximate surface area is 178 Å². The van der Waals surface area contributed by atoms with Crippen LogP contribution >= 0.6 is 24.2 Å². The van der Waals surface area contributed by atoms with E-state index >= 15 is 0 Å². The van der Waals surface area contributed by atoms with E-state index in [0.717, 1.165) is 31.2 Å². The van der Waals surface area contributed by atoms with E-state index in [1.165, 1.54) is 5.56 Å². The molecule has 2 amide bonds. The molecule has 1 heterocycles. The van der Waals surface area contributed by atoms with Gasteiger partial charge in [0.2, 0.25) is 11.8 Å². The number of nitrogens with zero attached hydrogens (tertiary/aromatic N) is 1. The molecule has 0 bridgehead atoms. The van der Waals surface area contributed by atoms with E-state index in [1.807, 2.05) is 12.1 Å². The number of thioether (sulfide) groups is 1. The van der Waals surface area contributed by atoms with Gasteiger partial charge in [0, 0.05) is 24.3 Å². The Kier molecular flexibility index (Phi) is 8.65. The highest BCUT2D eigenvalue weighted by molar-refractivity contribution is 7.99. The van der Waals surface area contributed by atoms with E-state index in [9.17, 15) is 9.59 Å². The molecule has 2 fully saturated rings. The molecule has 0 radical (unpaired) electrons. The molecule has 1 saturated carbocycles. The van der Waals surface area contributed by atoms with Gasteiger partial charge in [0.1, 0.15) is 6.04 Å². The van der Waals surface area contributed by atoms with Gasteiger partial charge in [-0.1, -0.05) is 51.0 Å². The molecular weight excluding hydrogens is 394 g/mol. The second-order valence-corrected chi connectivity index (χ2v) is 8.98. The zero-order valence-corrected chi connectivity index (χ0v) is 18.4. The van der Waals surface area contributed by atoms with Crippen molar-refractivity contribution >= 4 is 36.0 Å². The van der Waals surface area contributed by atoms with Crippen molar-refractivity contribution in [2.24, 2.45) is 11.7 Å². The van der Waals surface area contributed by atoms with Gasteiger partial charge in [-0.2, -0.15) is 0 Å². The number of halogens is 1. The molecule has 156 valence electrons. The molecule has 3 N–H and O–H groups in total. The molecule has 0 aromatic heterocycles. The van der Waals surface area contributed by atoms with Crippen LogP contribution in [0.4, 0.5) is 0 Å². The van der Waals surface area contributed by atoms with Crippen LogP contribution in [0.25, 0.3) is 0 Å². The molecule has 1 saturated heterocycles. The lowest BCUT2D eigenvalue weighted by Gasteiger charge is -2.26. The van der Waals surface area contributed by atoms with Crippen LogP contribution in [-0.2, 0) is 9.59 Å². The van der Waals surface area contributed by atoms with Crippen LogP contribution in [0.3, 0.4) is 0 Å². The van der Waals surface area contributed by atoms with Gasteiger partial charge in [0.05, 0.1) is 5.88 Å². The smallest absolute Gasteiger partial charge is 0.243 e. The highest BCUT2D eigenvalue weighted by Crippen LogP contribution is 2.30. The Hall–Kier alpha value is -1.24. The van der Waals surface area contributed by atoms with Gasteiger partial charge in [0.25, 0.3) is 0 Å². The average Bonchev–Trinajstić information content (AvgIpc) is 3.37. The predicted octanol–water partition coefficient (Wildman–Crippen LogP) is 3.44. The summed E-state index contributed by atoms with van der Waals surface area (Å²) in [6.45, 7) is 4.70. The summed E-state index contributed by atoms with van der Waals surface area (Å²) < 4.78 is 0. The molecular formula is C21H32ClN3O2S. The molecule has 1 aromatic rings. The number of nitrogens with one attached hydrogen (secondary N) is 1. The topological polar surface area (TPSA) is 75.4 Å². The Balaban J connectivity index is 0.00000280. The van der Waals surface area contributed by atoms with Crippen molar-refractivity contribution in [3.8, 4) is 0 Å². The average molecular weight is 426 g/mol. The zero-order chi connectivity index (χ0) is 19.4. The van der Waals surface area contributed by atoms with E-state index < -0.39 is 0 Å². The summed E-state index contributed by atoms with van der Waals surface area (Å²) in [6.07, 6.45) is 4.18. The third kappa shape index (κ3) is 5.43. The summed E-state index contributed by atoms with van der Waals surface area (Å²) >= 11 is 1.65. The molecule has 3 rings (SSSR count). The minimum Gasteiger partial charge on any atom is -0.352 e. The van der Waals surface area contributed by atoms with E-state index in [-0.39, 0.29) is 42.2 Å². The lowest BCUT2D eigenvalue weighted by atomic mass is 9.99. The number of hydrogen-bond acceptors (Lipinski definition) is 4. The molecule has 1 aromatic carbocycles. The first-order valence-electron chi connectivity index (χ1n) is 9.98. The maximum atomic E-state index is 12.7. The fourth-order valence-electron chi connectivity index (χ4n) is 3.86. The monoisotopic (exact) mass is 425 g/mol. The summed E-state index contributed by atoms with van der Waals surface area (Å²) in [4.78, 5) is 27.2. The summed E-state index contributed by atoms with van der Waals surface area (Å²) in [5, 5.41) is 2.96. The van der Waals surface area contributed by atoms with Crippen LogP contribution < -0.4 is 11.1 Å². The molecule has 0 spiro atoms. The third-order valence-electron chi connectivity index (χ3n) is 5.70. The first kappa shape index (κ1) is 23.0. The lowest BCUT2D eigenvalue weighted by molar-refractivity contribution is -0.141. The summed E-state index contributed by atoms with van der Waals surface area (Å²) in [6, 6.07) is 7.65. The van der Waals surface area contributed by atoms with Gasteiger partial charge in [0.15, 0.2) is 0 Å². The molecule has 5 nitrogen and oxygen atoms in total. The second kappa shape index (κ2) is 10.5. The van der Waals surface area contributed by atoms with Crippen LogP contribution in [-0.4, -0.2) is 40.9 Å². The highest BCUT2D eigenvalue weighted by Gasteiger charge is 2.38. The van der Waals surface area contributed by atoms with Gasteiger partial charge in [-0.05, 0) is 29.9 Å². The van der Waals surface area contributed by atoms with Crippen LogP contribution in [0.15, 0.2) is 24.3 Å². The molecule has 2 atom stereocenters. The molecule has 1 aliphatic carbocycles. The quantitative estimate of drug-likeness (QED) is 0.732. The van der Waals surface area contributed by atoms with Crippen molar-refractivity contribution in [2.45, 2.75) is 57.5 Å². The number of carbonyl (C=O) groups is 2. The van der Waals surface area contributed by atoms with Gasteiger partial charge >= 0.3 is 0 Å². The minimum atomic E-state index is -0.362. The number of nitrogens with two attached hydrogens (primary N) is 1. The largest absolute Gasteiger partial charge is 0.352 e. The zero-order valence-electron chi connectivity index (χ0n) is 16.7. The van der Waals surface area contributed by atoms with Crippen molar-refractivity contribution in [1.29, 1.82) is 0 Å². The van der Waals surface area contributed by atoms with E-state index in [2.05, 4.69) is 31.3 Å². The first-order valence-corrected chi connectivity index (χ1v) is 11.1. The fourth-order valence-corrected chi connectivity index (χ4v) is 5.02. The number of amides is 2. The minimum absolute atomic E-state index is 0. The van der Waals surface area contributed by atoms with Crippen LogP contribution in [0, 0.1) is 5.92 Å². The standard InChI is InChI=1S/C21H31N3O2S.ClH/c1-14(2)15-7-9-16(10-8-15)18(22)11-23-20(25)19-12-27-13-24(19)21(26)17-5-3-4-6-17;/h7-10,14,17-19H,3-6,11-13,22H2,1-2H3,(H,23,25);1H. The summed E-state index contributed by atoms with van der Waals surface area (Å²) in [7, 11) is 0. The van der Waals surface area contributed by atoms with Crippen molar-refractivity contribution in [3.63, 3.8) is 0 Å².